The van der Waals surface area contributed by atoms with Crippen LogP contribution < -0.4 is 9.64 Å². The van der Waals surface area contributed by atoms with Crippen LogP contribution in [0.25, 0.3) is 32.9 Å². The van der Waals surface area contributed by atoms with Crippen molar-refractivity contribution in [1.29, 1.82) is 0 Å². The van der Waals surface area contributed by atoms with E-state index in [0.717, 1.165) is 77.8 Å². The predicted octanol–water partition coefficient (Wildman–Crippen LogP) is 5.71. The van der Waals surface area contributed by atoms with Gasteiger partial charge in [0.05, 0.1) is 31.9 Å². The van der Waals surface area contributed by atoms with Gasteiger partial charge in [-0.3, -0.25) is 9.80 Å². The third kappa shape index (κ3) is 5.70. The second kappa shape index (κ2) is 12.1. The maximum absolute atomic E-state index is 13.2. The first kappa shape index (κ1) is 31.2. The van der Waals surface area contributed by atoms with E-state index in [1.165, 1.54) is 12.8 Å². The van der Waals surface area contributed by atoms with E-state index in [9.17, 15) is 9.90 Å². The summed E-state index contributed by atoms with van der Waals surface area (Å²) in [6, 6.07) is 13.1. The Morgan fingerprint density at radius 3 is 2.42 bits per heavy atom. The Labute approximate surface area is 281 Å². The van der Waals surface area contributed by atoms with E-state index in [-0.39, 0.29) is 23.9 Å². The molecule has 11 heteroatoms. The van der Waals surface area contributed by atoms with Crippen LogP contribution in [0.3, 0.4) is 0 Å². The number of phenols is 1. The summed E-state index contributed by atoms with van der Waals surface area (Å²) >= 11 is 0. The van der Waals surface area contributed by atoms with Crippen LogP contribution in [0.2, 0.25) is 0 Å². The van der Waals surface area contributed by atoms with E-state index in [4.69, 9.17) is 24.2 Å². The highest BCUT2D eigenvalue weighted by Crippen LogP contribution is 2.41. The maximum Gasteiger partial charge on any atom is 0.410 e. The van der Waals surface area contributed by atoms with E-state index < -0.39 is 5.60 Å². The summed E-state index contributed by atoms with van der Waals surface area (Å²) in [7, 11) is 2.02. The van der Waals surface area contributed by atoms with Crippen molar-refractivity contribution in [3.63, 3.8) is 0 Å². The van der Waals surface area contributed by atoms with Gasteiger partial charge in [0.2, 0.25) is 0 Å². The average molecular weight is 655 g/mol. The predicted molar refractivity (Wildman–Crippen MR) is 185 cm³/mol. The zero-order chi connectivity index (χ0) is 33.2. The number of hydrogen-bond acceptors (Lipinski definition) is 9. The maximum atomic E-state index is 13.2. The normalized spacial score (nSPS) is 24.2. The fraction of sp³-hybridized carbons (Fsp3) is 0.541. The Balaban J connectivity index is 1.14. The number of aromatic hydroxyl groups is 1. The highest BCUT2D eigenvalue weighted by Gasteiger charge is 2.45. The number of hydrogen-bond donors (Lipinski definition) is 1. The first-order chi connectivity index (χ1) is 23.1. The molecule has 0 aliphatic carbocycles. The molecule has 1 amide bonds. The lowest BCUT2D eigenvalue weighted by Gasteiger charge is -2.42. The van der Waals surface area contributed by atoms with Gasteiger partial charge in [0.15, 0.2) is 5.82 Å². The molecule has 4 aromatic rings. The number of carbonyl (C=O) groups is 1. The largest absolute Gasteiger partial charge is 0.508 e. The van der Waals surface area contributed by atoms with E-state index in [1.807, 2.05) is 57.0 Å². The molecule has 2 aromatic carbocycles. The Bertz CT molecular complexity index is 1820. The number of anilines is 1. The number of rotatable bonds is 7. The van der Waals surface area contributed by atoms with E-state index in [0.29, 0.717) is 37.8 Å². The third-order valence-electron chi connectivity index (χ3n) is 10.5. The van der Waals surface area contributed by atoms with Crippen LogP contribution >= 0.6 is 0 Å². The van der Waals surface area contributed by atoms with Crippen LogP contribution in [0.1, 0.15) is 52.9 Å². The van der Waals surface area contributed by atoms with Gasteiger partial charge in [-0.05, 0) is 81.3 Å². The van der Waals surface area contributed by atoms with Gasteiger partial charge in [-0.1, -0.05) is 24.3 Å². The summed E-state index contributed by atoms with van der Waals surface area (Å²) in [5, 5.41) is 12.7. The molecule has 4 fully saturated rings. The van der Waals surface area contributed by atoms with Crippen LogP contribution in [0, 0.1) is 0 Å². The number of morpholine rings is 1. The highest BCUT2D eigenvalue weighted by atomic mass is 16.6. The molecule has 0 radical (unpaired) electrons. The fourth-order valence-electron chi connectivity index (χ4n) is 8.43. The van der Waals surface area contributed by atoms with Crippen molar-refractivity contribution in [2.24, 2.45) is 7.05 Å². The molecule has 11 nitrogen and oxygen atoms in total. The number of piperazine rings is 1. The lowest BCUT2D eigenvalue weighted by atomic mass is 9.99. The molecule has 0 saturated carbocycles. The first-order valence-corrected chi connectivity index (χ1v) is 17.4. The van der Waals surface area contributed by atoms with Gasteiger partial charge in [0, 0.05) is 50.5 Å². The van der Waals surface area contributed by atoms with Gasteiger partial charge >= 0.3 is 12.1 Å². The molecule has 1 N–H and O–H groups in total. The van der Waals surface area contributed by atoms with E-state index in [1.54, 1.807) is 6.07 Å². The Morgan fingerprint density at radius 2 is 1.69 bits per heavy atom. The van der Waals surface area contributed by atoms with Crippen LogP contribution in [-0.4, -0.2) is 105 Å². The molecule has 0 spiro atoms. The van der Waals surface area contributed by atoms with E-state index in [2.05, 4.69) is 26.6 Å². The highest BCUT2D eigenvalue weighted by molar-refractivity contribution is 6.06. The Kier molecular flexibility index (Phi) is 7.87. The van der Waals surface area contributed by atoms with Crippen LogP contribution in [0.4, 0.5) is 10.6 Å². The SMILES string of the molecule is Cn1cc(-c2cc(O)cc3ccccc23)c2nc(OCCCN3C4CCC3COC4)nc(N3CC4CCC(C3)N4C(=O)OC(C)(C)C)c21. The zero-order valence-electron chi connectivity index (χ0n) is 28.4. The summed E-state index contributed by atoms with van der Waals surface area (Å²) in [6.07, 6.45) is 6.98. The third-order valence-corrected chi connectivity index (χ3v) is 10.5. The summed E-state index contributed by atoms with van der Waals surface area (Å²) in [6.45, 7) is 10.2. The number of aromatic nitrogens is 3. The van der Waals surface area contributed by atoms with Crippen molar-refractivity contribution in [2.75, 3.05) is 44.4 Å². The quantitative estimate of drug-likeness (QED) is 0.251. The topological polar surface area (TPSA) is 105 Å². The molecular formula is C37H46N6O5. The Hall–Kier alpha value is -4.09. The van der Waals surface area contributed by atoms with Gasteiger partial charge in [-0.25, -0.2) is 4.79 Å². The molecular weight excluding hydrogens is 608 g/mol. The van der Waals surface area contributed by atoms with E-state index >= 15 is 0 Å². The van der Waals surface area contributed by atoms with Gasteiger partial charge in [0.25, 0.3) is 0 Å². The van der Waals surface area contributed by atoms with Crippen LogP contribution in [-0.2, 0) is 16.5 Å². The molecule has 8 rings (SSSR count). The number of nitrogens with zero attached hydrogens (tertiary/aromatic N) is 6. The molecule has 6 heterocycles. The standard InChI is InChI=1S/C37H46N6O5/c1-37(2,3)48-36(45)43-24-10-11-25(43)19-41(18-24)34-33-32(31(20-40(33)4)30-17-28(44)16-23-8-5-6-9-29(23)30)38-35(39-34)47-15-7-14-42-26-12-13-27(42)22-46-21-26/h5-6,8-9,16-17,20,24-27,44H,7,10-15,18-19,21-22H2,1-4H3. The second-order valence-electron chi connectivity index (χ2n) is 14.9. The number of phenolic OH excluding ortho intramolecular Hbond substituents is 1. The van der Waals surface area contributed by atoms with Crippen molar-refractivity contribution >= 4 is 33.7 Å². The molecule has 4 unspecified atom stereocenters. The minimum absolute atomic E-state index is 0.0339. The van der Waals surface area contributed by atoms with Crippen molar-refractivity contribution in [3.8, 4) is 22.9 Å². The number of fused-ring (bicyclic) bond motifs is 6. The van der Waals surface area contributed by atoms with Crippen LogP contribution in [0.15, 0.2) is 42.6 Å². The molecule has 48 heavy (non-hydrogen) atoms. The van der Waals surface area contributed by atoms with Crippen LogP contribution in [0.5, 0.6) is 11.8 Å². The number of amides is 1. The lowest BCUT2D eigenvalue weighted by Crippen LogP contribution is -2.57. The Morgan fingerprint density at radius 1 is 0.979 bits per heavy atom. The van der Waals surface area contributed by atoms with Gasteiger partial charge in [0.1, 0.15) is 22.4 Å². The van der Waals surface area contributed by atoms with Crippen molar-refractivity contribution in [3.05, 3.63) is 42.6 Å². The monoisotopic (exact) mass is 654 g/mol. The summed E-state index contributed by atoms with van der Waals surface area (Å²) in [5.74, 6) is 1.01. The lowest BCUT2D eigenvalue weighted by molar-refractivity contribution is -0.0161. The smallest absolute Gasteiger partial charge is 0.410 e. The summed E-state index contributed by atoms with van der Waals surface area (Å²) in [5.41, 5.74) is 2.95. The number of carbonyl (C=O) groups excluding carboxylic acids is 1. The first-order valence-electron chi connectivity index (χ1n) is 17.4. The van der Waals surface area contributed by atoms with Crippen molar-refractivity contribution < 1.29 is 24.1 Å². The summed E-state index contributed by atoms with van der Waals surface area (Å²) < 4.78 is 20.0. The molecule has 2 aromatic heterocycles. The molecule has 4 saturated heterocycles. The molecule has 4 aliphatic heterocycles. The number of aryl methyl sites for hydroxylation is 1. The van der Waals surface area contributed by atoms with Crippen molar-refractivity contribution in [2.45, 2.75) is 82.6 Å². The fourth-order valence-corrected chi connectivity index (χ4v) is 8.43. The second-order valence-corrected chi connectivity index (χ2v) is 14.9. The summed E-state index contributed by atoms with van der Waals surface area (Å²) in [4.78, 5) is 30.2. The number of benzene rings is 2. The minimum Gasteiger partial charge on any atom is -0.508 e. The molecule has 4 bridgehead atoms. The van der Waals surface area contributed by atoms with Gasteiger partial charge in [-0.15, -0.1) is 0 Å². The van der Waals surface area contributed by atoms with Gasteiger partial charge < -0.3 is 28.8 Å². The number of ether oxygens (including phenoxy) is 3. The minimum atomic E-state index is -0.546. The van der Waals surface area contributed by atoms with Crippen molar-refractivity contribution in [1.82, 2.24) is 24.3 Å². The van der Waals surface area contributed by atoms with Gasteiger partial charge in [-0.2, -0.15) is 9.97 Å². The molecule has 254 valence electrons. The molecule has 4 atom stereocenters. The average Bonchev–Trinajstić information content (AvgIpc) is 3.60. The zero-order valence-corrected chi connectivity index (χ0v) is 28.4. The molecule has 4 aliphatic rings.